The van der Waals surface area contributed by atoms with Crippen molar-refractivity contribution in [3.63, 3.8) is 0 Å². The van der Waals surface area contributed by atoms with Crippen LogP contribution in [0.15, 0.2) is 109 Å². The Balaban J connectivity index is 0.000000270. The molecule has 0 radical (unpaired) electrons. The van der Waals surface area contributed by atoms with Crippen LogP contribution in [0.1, 0.15) is 67.5 Å². The van der Waals surface area contributed by atoms with Crippen molar-refractivity contribution in [3.05, 3.63) is 129 Å². The van der Waals surface area contributed by atoms with Crippen molar-refractivity contribution in [2.75, 3.05) is 36.5 Å². The molecule has 0 bridgehead atoms. The van der Waals surface area contributed by atoms with Crippen molar-refractivity contribution in [1.29, 1.82) is 0 Å². The number of hydrogen-bond donors (Lipinski definition) is 2. The molecule has 21 heteroatoms. The highest BCUT2D eigenvalue weighted by Gasteiger charge is 2.38. The molecular weight excluding hydrogens is 1040 g/mol. The molecule has 12 nitrogen and oxygen atoms in total. The van der Waals surface area contributed by atoms with Gasteiger partial charge in [0.1, 0.15) is 76.4 Å². The van der Waals surface area contributed by atoms with Crippen molar-refractivity contribution in [2.24, 2.45) is 0 Å². The maximum absolute atomic E-state index is 13.8. The number of alkyl halides is 6. The highest BCUT2D eigenvalue weighted by atomic mass is 35.5. The lowest BCUT2D eigenvalue weighted by molar-refractivity contribution is -0.156. The summed E-state index contributed by atoms with van der Waals surface area (Å²) < 4.78 is 115. The Morgan fingerprint density at radius 3 is 1.68 bits per heavy atom. The summed E-state index contributed by atoms with van der Waals surface area (Å²) in [5.41, 5.74) is 0.868. The molecule has 4 heterocycles. The number of fused-ring (bicyclic) bond motifs is 2. The molecule has 2 N–H and O–H groups in total. The van der Waals surface area contributed by atoms with Crippen LogP contribution in [0.2, 0.25) is 0 Å². The van der Waals surface area contributed by atoms with E-state index in [1.807, 2.05) is 6.07 Å². The van der Waals surface area contributed by atoms with Crippen LogP contribution in [0.25, 0.3) is 22.3 Å². The van der Waals surface area contributed by atoms with E-state index in [0.717, 1.165) is 12.2 Å². The van der Waals surface area contributed by atoms with E-state index < -0.39 is 63.7 Å². The molecule has 4 aromatic carbocycles. The van der Waals surface area contributed by atoms with Gasteiger partial charge in [0.05, 0.1) is 24.3 Å². The van der Waals surface area contributed by atoms with Crippen LogP contribution in [-0.4, -0.2) is 61.5 Å². The number of halogens is 7. The number of nitrogens with zero attached hydrogens (tertiary/aromatic N) is 1. The molecule has 1 atom stereocenters. The fourth-order valence-electron chi connectivity index (χ4n) is 7.53. The van der Waals surface area contributed by atoms with E-state index in [4.69, 9.17) is 28.4 Å². The average molecular weight is 1090 g/mol. The fraction of sp³-hybridized carbons (Fsp3) is 0.340. The Morgan fingerprint density at radius 2 is 1.16 bits per heavy atom. The van der Waals surface area contributed by atoms with Gasteiger partial charge < -0.3 is 44.0 Å². The van der Waals surface area contributed by atoms with Gasteiger partial charge in [0.15, 0.2) is 0 Å². The Morgan fingerprint density at radius 1 is 0.662 bits per heavy atom. The summed E-state index contributed by atoms with van der Waals surface area (Å²) in [7, 11) is 0. The molecule has 6 aromatic rings. The Kier molecular flexibility index (Phi) is 18.1. The third-order valence-corrected chi connectivity index (χ3v) is 12.8. The van der Waals surface area contributed by atoms with Crippen molar-refractivity contribution < 1.29 is 69.1 Å². The number of alkyl carbamates (subject to hydrolysis) is 1. The number of nitrogens with one attached hydrogen (secondary N) is 2. The molecule has 0 aliphatic carbocycles. The second-order valence-corrected chi connectivity index (χ2v) is 20.9. The molecule has 0 unspecified atom stereocenters. The van der Waals surface area contributed by atoms with Gasteiger partial charge in [-0.25, -0.2) is 4.79 Å². The molecule has 74 heavy (non-hydrogen) atoms. The maximum atomic E-state index is 13.8. The molecule has 2 amide bonds. The summed E-state index contributed by atoms with van der Waals surface area (Å²) in [5, 5.41) is 5.70. The minimum absolute atomic E-state index is 0. The number of amides is 2. The highest BCUT2D eigenvalue weighted by molar-refractivity contribution is 7.13. The van der Waals surface area contributed by atoms with Gasteiger partial charge in [0, 0.05) is 39.6 Å². The van der Waals surface area contributed by atoms with Gasteiger partial charge >= 0.3 is 24.4 Å². The first-order valence-electron chi connectivity index (χ1n) is 23.0. The maximum Gasteiger partial charge on any atom is 0.426 e. The number of hydrogen-bond acceptors (Lipinski definition) is 12. The lowest BCUT2D eigenvalue weighted by Crippen LogP contribution is -2.52. The molecular formula is C53H54ClF6N3O9S2. The van der Waals surface area contributed by atoms with Crippen LogP contribution < -0.4 is 34.5 Å². The third-order valence-electron chi connectivity index (χ3n) is 10.5. The summed E-state index contributed by atoms with van der Waals surface area (Å²) in [6.45, 7) is 11.6. The zero-order valence-electron chi connectivity index (χ0n) is 41.0. The van der Waals surface area contributed by atoms with Gasteiger partial charge in [-0.3, -0.25) is 9.59 Å². The van der Waals surface area contributed by atoms with Gasteiger partial charge in [-0.2, -0.15) is 26.3 Å². The van der Waals surface area contributed by atoms with Gasteiger partial charge in [-0.1, -0.05) is 60.7 Å². The molecule has 0 fully saturated rings. The van der Waals surface area contributed by atoms with E-state index in [2.05, 4.69) is 10.6 Å². The van der Waals surface area contributed by atoms with Crippen LogP contribution in [0.4, 0.5) is 42.5 Å². The van der Waals surface area contributed by atoms with Crippen molar-refractivity contribution in [2.45, 2.75) is 90.8 Å². The Bertz CT molecular complexity index is 2850. The summed E-state index contributed by atoms with van der Waals surface area (Å²) in [6, 6.07) is 28.7. The highest BCUT2D eigenvalue weighted by Crippen LogP contribution is 2.45. The molecule has 8 rings (SSSR count). The fourth-order valence-corrected chi connectivity index (χ4v) is 9.45. The first-order valence-corrected chi connectivity index (χ1v) is 24.6. The van der Waals surface area contributed by atoms with Crippen molar-refractivity contribution >= 4 is 64.4 Å². The molecule has 2 aliphatic heterocycles. The first kappa shape index (κ1) is 56.7. The van der Waals surface area contributed by atoms with E-state index in [1.54, 1.807) is 133 Å². The van der Waals surface area contributed by atoms with Crippen molar-refractivity contribution in [1.82, 2.24) is 5.32 Å². The van der Waals surface area contributed by atoms with Crippen LogP contribution >= 0.6 is 35.1 Å². The van der Waals surface area contributed by atoms with Crippen LogP contribution in [0.5, 0.6) is 23.0 Å². The van der Waals surface area contributed by atoms with Crippen LogP contribution in [-0.2, 0) is 44.6 Å². The van der Waals surface area contributed by atoms with Crippen LogP contribution in [0, 0.1) is 0 Å². The second kappa shape index (κ2) is 23.7. The van der Waals surface area contributed by atoms with Crippen molar-refractivity contribution in [3.8, 4) is 45.3 Å². The van der Waals surface area contributed by atoms with Gasteiger partial charge in [0.2, 0.25) is 0 Å². The number of ether oxygens (including phenoxy) is 6. The van der Waals surface area contributed by atoms with Gasteiger partial charge in [-0.15, -0.1) is 35.1 Å². The smallest absolute Gasteiger partial charge is 0.426 e. The summed E-state index contributed by atoms with van der Waals surface area (Å²) in [5.74, 6) is 0.580. The normalized spacial score (nSPS) is 13.6. The second-order valence-electron chi connectivity index (χ2n) is 18.6. The Hall–Kier alpha value is -6.64. The lowest BCUT2D eigenvalue weighted by atomic mass is 10.1. The molecule has 396 valence electrons. The number of anilines is 2. The van der Waals surface area contributed by atoms with E-state index in [0.29, 0.717) is 73.1 Å². The monoisotopic (exact) mass is 1090 g/mol. The lowest BCUT2D eigenvalue weighted by Gasteiger charge is -2.33. The zero-order valence-corrected chi connectivity index (χ0v) is 43.5. The van der Waals surface area contributed by atoms with Gasteiger partial charge in [-0.05, 0) is 89.1 Å². The van der Waals surface area contributed by atoms with E-state index >= 15 is 0 Å². The number of carbonyl (C=O) groups excluding carboxylic acids is 3. The number of thiophene rings is 2. The summed E-state index contributed by atoms with van der Waals surface area (Å²) in [6.07, 6.45) is -10.2. The third kappa shape index (κ3) is 15.5. The standard InChI is InChI=1S/C33H37F3N2O7S.C20H16F3NO2S.ClH/c1-31(2,3)44-27(39)18-24(37-30(41)45-32(4,5)6)29(40)38-14-15-42-26-16-21(12-13-25(26)38)43-19-22-17-23(20-10-8-7-9-11-20)28(46-22)33(34,35)36;21-20(22,23)19-16(13-4-2-1-3-5-13)11-15(27-19)12-26-14-6-7-17-18(10-14)25-9-8-24-17;/h7-13,16-17,24H,14-15,18-19H2,1-6H3,(H,37,41);1-7,10-11,24H,8-9,12H2;1H/t24-;;/m1../s1. The average Bonchev–Trinajstić information content (AvgIpc) is 3.98. The number of rotatable bonds is 12. The van der Waals surface area contributed by atoms with Gasteiger partial charge in [0.25, 0.3) is 5.91 Å². The van der Waals surface area contributed by atoms with E-state index in [1.165, 1.54) is 17.0 Å². The zero-order chi connectivity index (χ0) is 52.7. The largest absolute Gasteiger partial charge is 0.489 e. The minimum Gasteiger partial charge on any atom is -0.489 e. The molecule has 0 saturated carbocycles. The molecule has 2 aromatic heterocycles. The minimum atomic E-state index is -4.52. The number of benzene rings is 4. The molecule has 0 saturated heterocycles. The summed E-state index contributed by atoms with van der Waals surface area (Å²) in [4.78, 5) is 40.0. The number of carbonyl (C=O) groups is 3. The number of esters is 1. The molecule has 0 spiro atoms. The summed E-state index contributed by atoms with van der Waals surface area (Å²) >= 11 is 1.33. The predicted molar refractivity (Wildman–Crippen MR) is 274 cm³/mol. The van der Waals surface area contributed by atoms with Crippen LogP contribution in [0.3, 0.4) is 0 Å². The van der Waals surface area contributed by atoms with E-state index in [9.17, 15) is 40.7 Å². The SMILES string of the molecule is CC(C)(C)OC(=O)C[C@@H](NC(=O)OC(C)(C)C)C(=O)N1CCOc2cc(OCc3cc(-c4ccccc4)c(C(F)(F)F)s3)ccc21.Cl.FC(F)(F)c1sc(COc2ccc3c(c2)OCCN3)cc1-c1ccccc1. The quantitative estimate of drug-likeness (QED) is 0.0901. The molecule has 2 aliphatic rings. The predicted octanol–water partition coefficient (Wildman–Crippen LogP) is 13.6. The first-order chi connectivity index (χ1) is 34.4. The van der Waals surface area contributed by atoms with E-state index in [-0.39, 0.29) is 55.6 Å². The Labute approximate surface area is 438 Å². The topological polar surface area (TPSA) is 134 Å².